The van der Waals surface area contributed by atoms with Crippen molar-refractivity contribution in [1.82, 2.24) is 10.2 Å². The SMILES string of the molecule is Cc1cnnc(Oc2cc(C)c(N)cc2C)c1. The molecule has 0 atom stereocenters. The fraction of sp³-hybridized carbons (Fsp3) is 0.231. The van der Waals surface area contributed by atoms with Crippen LogP contribution in [0.4, 0.5) is 5.69 Å². The molecular formula is C13H15N3O. The quantitative estimate of drug-likeness (QED) is 0.804. The van der Waals surface area contributed by atoms with E-state index in [0.717, 1.165) is 28.1 Å². The van der Waals surface area contributed by atoms with Gasteiger partial charge in [-0.25, -0.2) is 0 Å². The van der Waals surface area contributed by atoms with Crippen LogP contribution >= 0.6 is 0 Å². The second-order valence-corrected chi connectivity index (χ2v) is 4.15. The van der Waals surface area contributed by atoms with Gasteiger partial charge in [0.1, 0.15) is 5.75 Å². The highest BCUT2D eigenvalue weighted by atomic mass is 16.5. The fourth-order valence-corrected chi connectivity index (χ4v) is 1.52. The summed E-state index contributed by atoms with van der Waals surface area (Å²) < 4.78 is 5.70. The van der Waals surface area contributed by atoms with Crippen LogP contribution in [0.15, 0.2) is 24.4 Å². The van der Waals surface area contributed by atoms with Crippen LogP contribution in [0.1, 0.15) is 16.7 Å². The van der Waals surface area contributed by atoms with Crippen molar-refractivity contribution < 1.29 is 4.74 Å². The van der Waals surface area contributed by atoms with E-state index >= 15 is 0 Å². The van der Waals surface area contributed by atoms with Crippen molar-refractivity contribution in [2.75, 3.05) is 5.73 Å². The fourth-order valence-electron chi connectivity index (χ4n) is 1.52. The molecule has 88 valence electrons. The van der Waals surface area contributed by atoms with Crippen LogP contribution < -0.4 is 10.5 Å². The third-order valence-electron chi connectivity index (χ3n) is 2.55. The molecule has 0 spiro atoms. The van der Waals surface area contributed by atoms with Gasteiger partial charge < -0.3 is 10.5 Å². The summed E-state index contributed by atoms with van der Waals surface area (Å²) in [7, 11) is 0. The summed E-state index contributed by atoms with van der Waals surface area (Å²) in [6.45, 7) is 5.85. The molecule has 0 fully saturated rings. The Balaban J connectivity index is 2.33. The molecule has 0 radical (unpaired) electrons. The zero-order chi connectivity index (χ0) is 12.4. The first-order valence-corrected chi connectivity index (χ1v) is 5.40. The molecule has 4 heteroatoms. The Morgan fingerprint density at radius 1 is 1.06 bits per heavy atom. The molecule has 0 saturated carbocycles. The van der Waals surface area contributed by atoms with Crippen molar-refractivity contribution in [1.29, 1.82) is 0 Å². The molecule has 2 N–H and O–H groups in total. The standard InChI is InChI=1S/C13H15N3O/c1-8-4-13(16-15-7-8)17-12-6-9(2)11(14)5-10(12)3/h4-7H,14H2,1-3H3. The van der Waals surface area contributed by atoms with E-state index in [1.807, 2.05) is 39.0 Å². The third kappa shape index (κ3) is 2.53. The van der Waals surface area contributed by atoms with Crippen LogP contribution in [0.5, 0.6) is 11.6 Å². The number of nitrogens with two attached hydrogens (primary N) is 1. The summed E-state index contributed by atoms with van der Waals surface area (Å²) in [4.78, 5) is 0. The topological polar surface area (TPSA) is 61.0 Å². The average molecular weight is 229 g/mol. The Morgan fingerprint density at radius 3 is 2.53 bits per heavy atom. The van der Waals surface area contributed by atoms with Gasteiger partial charge in [-0.05, 0) is 49.6 Å². The molecule has 0 amide bonds. The molecule has 0 unspecified atom stereocenters. The van der Waals surface area contributed by atoms with E-state index < -0.39 is 0 Å². The molecule has 1 aromatic carbocycles. The second-order valence-electron chi connectivity index (χ2n) is 4.15. The first-order chi connectivity index (χ1) is 8.06. The second kappa shape index (κ2) is 4.41. The molecule has 1 heterocycles. The molecular weight excluding hydrogens is 214 g/mol. The van der Waals surface area contributed by atoms with Gasteiger partial charge in [-0.3, -0.25) is 0 Å². The van der Waals surface area contributed by atoms with E-state index in [1.54, 1.807) is 6.20 Å². The number of aryl methyl sites for hydroxylation is 3. The molecule has 4 nitrogen and oxygen atoms in total. The lowest BCUT2D eigenvalue weighted by molar-refractivity contribution is 0.451. The van der Waals surface area contributed by atoms with E-state index in [4.69, 9.17) is 10.5 Å². The van der Waals surface area contributed by atoms with Crippen LogP contribution in [-0.4, -0.2) is 10.2 Å². The Hall–Kier alpha value is -2.10. The number of nitrogens with zero attached hydrogens (tertiary/aromatic N) is 2. The zero-order valence-corrected chi connectivity index (χ0v) is 10.2. The Bertz CT molecular complexity index is 552. The summed E-state index contributed by atoms with van der Waals surface area (Å²) in [6, 6.07) is 5.65. The van der Waals surface area contributed by atoms with Crippen molar-refractivity contribution >= 4 is 5.69 Å². The summed E-state index contributed by atoms with van der Waals surface area (Å²) in [5.74, 6) is 1.26. The molecule has 17 heavy (non-hydrogen) atoms. The number of anilines is 1. The van der Waals surface area contributed by atoms with Gasteiger partial charge in [0.2, 0.25) is 5.88 Å². The van der Waals surface area contributed by atoms with Gasteiger partial charge in [-0.1, -0.05) is 0 Å². The smallest absolute Gasteiger partial charge is 0.239 e. The van der Waals surface area contributed by atoms with Crippen molar-refractivity contribution in [2.45, 2.75) is 20.8 Å². The van der Waals surface area contributed by atoms with E-state index in [0.29, 0.717) is 5.88 Å². The normalized spacial score (nSPS) is 10.3. The molecule has 0 aliphatic heterocycles. The van der Waals surface area contributed by atoms with Gasteiger partial charge in [-0.2, -0.15) is 5.10 Å². The van der Waals surface area contributed by atoms with Gasteiger partial charge in [0.25, 0.3) is 0 Å². The molecule has 0 aliphatic carbocycles. The maximum Gasteiger partial charge on any atom is 0.239 e. The number of hydrogen-bond acceptors (Lipinski definition) is 4. The first-order valence-electron chi connectivity index (χ1n) is 5.40. The lowest BCUT2D eigenvalue weighted by atomic mass is 10.1. The van der Waals surface area contributed by atoms with Crippen LogP contribution in [-0.2, 0) is 0 Å². The monoisotopic (exact) mass is 229 g/mol. The van der Waals surface area contributed by atoms with Gasteiger partial charge in [-0.15, -0.1) is 5.10 Å². The van der Waals surface area contributed by atoms with E-state index in [-0.39, 0.29) is 0 Å². The van der Waals surface area contributed by atoms with Crippen LogP contribution in [0.2, 0.25) is 0 Å². The van der Waals surface area contributed by atoms with Crippen LogP contribution in [0, 0.1) is 20.8 Å². The van der Waals surface area contributed by atoms with Crippen molar-refractivity contribution in [2.24, 2.45) is 0 Å². The highest BCUT2D eigenvalue weighted by molar-refractivity contribution is 5.54. The summed E-state index contributed by atoms with van der Waals surface area (Å²) in [5.41, 5.74) is 9.58. The highest BCUT2D eigenvalue weighted by Gasteiger charge is 2.06. The molecule has 0 saturated heterocycles. The van der Waals surface area contributed by atoms with Gasteiger partial charge in [0.05, 0.1) is 6.20 Å². The highest BCUT2D eigenvalue weighted by Crippen LogP contribution is 2.27. The molecule has 0 aliphatic rings. The Morgan fingerprint density at radius 2 is 1.82 bits per heavy atom. The zero-order valence-electron chi connectivity index (χ0n) is 10.2. The van der Waals surface area contributed by atoms with Crippen molar-refractivity contribution in [3.05, 3.63) is 41.1 Å². The van der Waals surface area contributed by atoms with E-state index in [2.05, 4.69) is 10.2 Å². The minimum Gasteiger partial charge on any atom is -0.437 e. The van der Waals surface area contributed by atoms with Crippen LogP contribution in [0.3, 0.4) is 0 Å². The summed E-state index contributed by atoms with van der Waals surface area (Å²) in [6.07, 6.45) is 1.69. The number of aromatic nitrogens is 2. The average Bonchev–Trinajstić information content (AvgIpc) is 2.26. The predicted octanol–water partition coefficient (Wildman–Crippen LogP) is 2.78. The minimum atomic E-state index is 0.497. The van der Waals surface area contributed by atoms with E-state index in [1.165, 1.54) is 0 Å². The van der Waals surface area contributed by atoms with Gasteiger partial charge >= 0.3 is 0 Å². The summed E-state index contributed by atoms with van der Waals surface area (Å²) >= 11 is 0. The van der Waals surface area contributed by atoms with Crippen molar-refractivity contribution in [3.63, 3.8) is 0 Å². The maximum absolute atomic E-state index is 5.82. The predicted molar refractivity (Wildman–Crippen MR) is 67.2 cm³/mol. The Kier molecular flexibility index (Phi) is 2.95. The largest absolute Gasteiger partial charge is 0.437 e. The maximum atomic E-state index is 5.82. The number of hydrogen-bond donors (Lipinski definition) is 1. The lowest BCUT2D eigenvalue weighted by Gasteiger charge is -2.10. The number of rotatable bonds is 2. The first kappa shape index (κ1) is 11.4. The molecule has 2 aromatic rings. The number of nitrogen functional groups attached to an aromatic ring is 1. The van der Waals surface area contributed by atoms with E-state index in [9.17, 15) is 0 Å². The molecule has 0 bridgehead atoms. The third-order valence-corrected chi connectivity index (χ3v) is 2.55. The number of ether oxygens (including phenoxy) is 1. The minimum absolute atomic E-state index is 0.497. The Labute approximate surface area is 100 Å². The van der Waals surface area contributed by atoms with Gasteiger partial charge in [0.15, 0.2) is 0 Å². The summed E-state index contributed by atoms with van der Waals surface area (Å²) in [5, 5.41) is 7.77. The lowest BCUT2D eigenvalue weighted by Crippen LogP contribution is -1.96. The molecule has 1 aromatic heterocycles. The van der Waals surface area contributed by atoms with Crippen LogP contribution in [0.25, 0.3) is 0 Å². The number of benzene rings is 1. The van der Waals surface area contributed by atoms with Crippen molar-refractivity contribution in [3.8, 4) is 11.6 Å². The van der Waals surface area contributed by atoms with Gasteiger partial charge in [0, 0.05) is 11.8 Å². The molecule has 2 rings (SSSR count).